The monoisotopic (exact) mass is 376 g/mol. The smallest absolute Gasteiger partial charge is 0.333 e. The Bertz CT molecular complexity index is 561. The summed E-state index contributed by atoms with van der Waals surface area (Å²) in [6.07, 6.45) is 3.41. The Morgan fingerprint density at radius 2 is 1.74 bits per heavy atom. The molecule has 150 valence electrons. The van der Waals surface area contributed by atoms with Crippen LogP contribution in [0.1, 0.15) is 32.8 Å². The molecule has 0 saturated carbocycles. The number of hydrogen-bond donors (Lipinski definition) is 1. The van der Waals surface area contributed by atoms with Crippen LogP contribution in [0.3, 0.4) is 0 Å². The maximum absolute atomic E-state index is 10.7. The molecular weight excluding hydrogens is 344 g/mol. The van der Waals surface area contributed by atoms with Gasteiger partial charge in [0.15, 0.2) is 0 Å². The molecule has 27 heavy (non-hydrogen) atoms. The fraction of sp³-hybridized carbons (Fsp3) is 0.364. The van der Waals surface area contributed by atoms with Crippen LogP contribution < -0.4 is 0 Å². The minimum Gasteiger partial charge on any atom is -0.462 e. The summed E-state index contributed by atoms with van der Waals surface area (Å²) in [5.74, 6) is -0.347. The minimum atomic E-state index is -0.441. The van der Waals surface area contributed by atoms with Crippen molar-refractivity contribution in [3.63, 3.8) is 0 Å². The van der Waals surface area contributed by atoms with Gasteiger partial charge in [0, 0.05) is 24.7 Å². The van der Waals surface area contributed by atoms with E-state index in [4.69, 9.17) is 9.84 Å². The van der Waals surface area contributed by atoms with E-state index in [-0.39, 0.29) is 19.2 Å². The first-order chi connectivity index (χ1) is 12.8. The van der Waals surface area contributed by atoms with Crippen molar-refractivity contribution in [2.24, 2.45) is 5.92 Å². The summed E-state index contributed by atoms with van der Waals surface area (Å²) >= 11 is 0. The second-order valence-electron chi connectivity index (χ2n) is 5.84. The lowest BCUT2D eigenvalue weighted by Gasteiger charge is -2.05. The van der Waals surface area contributed by atoms with Gasteiger partial charge in [-0.2, -0.15) is 0 Å². The van der Waals surface area contributed by atoms with Crippen molar-refractivity contribution in [3.8, 4) is 0 Å². The molecule has 1 rings (SSSR count). The third kappa shape index (κ3) is 19.5. The minimum absolute atomic E-state index is 0.0461. The van der Waals surface area contributed by atoms with E-state index in [1.54, 1.807) is 6.92 Å². The van der Waals surface area contributed by atoms with Crippen LogP contribution in [0.2, 0.25) is 0 Å². The molecule has 1 N–H and O–H groups in total. The quantitative estimate of drug-likeness (QED) is 0.418. The Labute approximate surface area is 163 Å². The van der Waals surface area contributed by atoms with Crippen LogP contribution in [0.4, 0.5) is 0 Å². The number of benzene rings is 1. The molecule has 0 unspecified atom stereocenters. The van der Waals surface area contributed by atoms with Crippen molar-refractivity contribution in [1.82, 2.24) is 0 Å². The van der Waals surface area contributed by atoms with Crippen LogP contribution in [0.25, 0.3) is 6.08 Å². The zero-order valence-corrected chi connectivity index (χ0v) is 16.6. The normalized spacial score (nSPS) is 8.93. The summed E-state index contributed by atoms with van der Waals surface area (Å²) in [4.78, 5) is 21.0. The summed E-state index contributed by atoms with van der Waals surface area (Å²) in [5.41, 5.74) is 1.63. The van der Waals surface area contributed by atoms with Gasteiger partial charge in [0.2, 0.25) is 0 Å². The van der Waals surface area contributed by atoms with E-state index in [0.29, 0.717) is 24.5 Å². The van der Waals surface area contributed by atoms with Gasteiger partial charge in [-0.05, 0) is 18.4 Å². The maximum Gasteiger partial charge on any atom is 0.333 e. The third-order valence-electron chi connectivity index (χ3n) is 2.64. The summed E-state index contributed by atoms with van der Waals surface area (Å²) in [7, 11) is 0. The lowest BCUT2D eigenvalue weighted by atomic mass is 10.2. The number of rotatable bonds is 8. The first-order valence-corrected chi connectivity index (χ1v) is 8.68. The van der Waals surface area contributed by atoms with E-state index in [2.05, 4.69) is 24.5 Å². The van der Waals surface area contributed by atoms with Gasteiger partial charge in [-0.25, -0.2) is 9.59 Å². The SMILES string of the molecule is C=C(C)C(=O)OCC(C)C.C=CC(=O)OCCCO.C=Cc1ccccc1. The molecule has 5 nitrogen and oxygen atoms in total. The molecule has 1 aromatic carbocycles. The molecule has 0 spiro atoms. The Hall–Kier alpha value is -2.66. The average molecular weight is 376 g/mol. The van der Waals surface area contributed by atoms with Crippen molar-refractivity contribution >= 4 is 18.0 Å². The highest BCUT2D eigenvalue weighted by Crippen LogP contribution is 1.98. The van der Waals surface area contributed by atoms with Gasteiger partial charge in [-0.1, -0.05) is 70.0 Å². The van der Waals surface area contributed by atoms with E-state index in [0.717, 1.165) is 6.08 Å². The van der Waals surface area contributed by atoms with Gasteiger partial charge < -0.3 is 14.6 Å². The van der Waals surface area contributed by atoms with E-state index < -0.39 is 5.97 Å². The van der Waals surface area contributed by atoms with Crippen LogP contribution in [-0.2, 0) is 19.1 Å². The summed E-state index contributed by atoms with van der Waals surface area (Å²) in [6, 6.07) is 10.0. The molecule has 0 aliphatic rings. The van der Waals surface area contributed by atoms with E-state index in [9.17, 15) is 9.59 Å². The maximum atomic E-state index is 10.7. The molecule has 1 aromatic rings. The molecule has 0 aromatic heterocycles. The molecule has 0 aliphatic heterocycles. The predicted molar refractivity (Wildman–Crippen MR) is 110 cm³/mol. The molecule has 0 heterocycles. The highest BCUT2D eigenvalue weighted by Gasteiger charge is 2.03. The van der Waals surface area contributed by atoms with Crippen LogP contribution in [0.15, 0.2) is 61.7 Å². The molecule has 5 heteroatoms. The third-order valence-corrected chi connectivity index (χ3v) is 2.64. The number of ether oxygens (including phenoxy) is 2. The number of carbonyl (C=O) groups excluding carboxylic acids is 2. The van der Waals surface area contributed by atoms with Crippen molar-refractivity contribution in [3.05, 3.63) is 67.3 Å². The molecule has 0 saturated heterocycles. The zero-order chi connectivity index (χ0) is 21.1. The Kier molecular flexibility index (Phi) is 17.9. The van der Waals surface area contributed by atoms with Gasteiger partial charge in [-0.15, -0.1) is 0 Å². The van der Waals surface area contributed by atoms with Gasteiger partial charge in [0.1, 0.15) is 0 Å². The van der Waals surface area contributed by atoms with Crippen LogP contribution in [0.5, 0.6) is 0 Å². The van der Waals surface area contributed by atoms with Crippen molar-refractivity contribution in [1.29, 1.82) is 0 Å². The summed E-state index contributed by atoms with van der Waals surface area (Å²) in [6.45, 7) is 16.7. The molecule has 0 aliphatic carbocycles. The molecule has 0 atom stereocenters. The topological polar surface area (TPSA) is 72.8 Å². The van der Waals surface area contributed by atoms with Crippen molar-refractivity contribution in [2.45, 2.75) is 27.2 Å². The standard InChI is InChI=1S/C8H14O2.C8H8.C6H10O3/c1-6(2)5-10-8(9)7(3)4;1-2-8-6-4-3-5-7-8;1-2-6(8)9-5-3-4-7/h6H,3,5H2,1-2,4H3;2-7H,1H2;2,7H,1,3-5H2. The van der Waals surface area contributed by atoms with Crippen LogP contribution in [0, 0.1) is 5.92 Å². The fourth-order valence-corrected chi connectivity index (χ4v) is 1.25. The fourth-order valence-electron chi connectivity index (χ4n) is 1.25. The summed E-state index contributed by atoms with van der Waals surface area (Å²) < 4.78 is 9.34. The number of hydrogen-bond acceptors (Lipinski definition) is 5. The molecule has 0 bridgehead atoms. The number of carbonyl (C=O) groups is 2. The second-order valence-corrected chi connectivity index (χ2v) is 5.84. The van der Waals surface area contributed by atoms with E-state index in [1.807, 2.05) is 50.3 Å². The molecule has 0 fully saturated rings. The van der Waals surface area contributed by atoms with E-state index >= 15 is 0 Å². The zero-order valence-electron chi connectivity index (χ0n) is 16.6. The predicted octanol–water partition coefficient (Wildman–Crippen LogP) is 4.19. The molecule has 0 radical (unpaired) electrons. The van der Waals surface area contributed by atoms with Crippen LogP contribution >= 0.6 is 0 Å². The lowest BCUT2D eigenvalue weighted by Crippen LogP contribution is -2.09. The largest absolute Gasteiger partial charge is 0.462 e. The van der Waals surface area contributed by atoms with Gasteiger partial charge >= 0.3 is 11.9 Å². The van der Waals surface area contributed by atoms with Crippen molar-refractivity contribution < 1.29 is 24.2 Å². The number of esters is 2. The van der Waals surface area contributed by atoms with Crippen LogP contribution in [-0.4, -0.2) is 36.9 Å². The molecule has 0 amide bonds. The van der Waals surface area contributed by atoms with Crippen molar-refractivity contribution in [2.75, 3.05) is 19.8 Å². The average Bonchev–Trinajstić information content (AvgIpc) is 2.67. The highest BCUT2D eigenvalue weighted by atomic mass is 16.5. The van der Waals surface area contributed by atoms with Gasteiger partial charge in [-0.3, -0.25) is 0 Å². The van der Waals surface area contributed by atoms with E-state index in [1.165, 1.54) is 5.56 Å². The van der Waals surface area contributed by atoms with Gasteiger partial charge in [0.05, 0.1) is 13.2 Å². The molecular formula is C22H32O5. The van der Waals surface area contributed by atoms with Gasteiger partial charge in [0.25, 0.3) is 0 Å². The Morgan fingerprint density at radius 3 is 2.11 bits per heavy atom. The Morgan fingerprint density at radius 1 is 1.15 bits per heavy atom. The number of aliphatic hydroxyl groups excluding tert-OH is 1. The first-order valence-electron chi connectivity index (χ1n) is 8.68. The first kappa shape index (κ1) is 26.6. The Balaban J connectivity index is 0. The highest BCUT2D eigenvalue weighted by molar-refractivity contribution is 5.86. The lowest BCUT2D eigenvalue weighted by molar-refractivity contribution is -0.140. The summed E-state index contributed by atoms with van der Waals surface area (Å²) in [5, 5.41) is 8.23. The number of aliphatic hydroxyl groups is 1. The second kappa shape index (κ2) is 18.1.